The molecule has 1 saturated heterocycles. The first-order chi connectivity index (χ1) is 19.4. The highest BCUT2D eigenvalue weighted by molar-refractivity contribution is 7.97. The van der Waals surface area contributed by atoms with Crippen molar-refractivity contribution >= 4 is 23.9 Å². The minimum Gasteiger partial charge on any atom is -0.489 e. The van der Waals surface area contributed by atoms with Gasteiger partial charge in [-0.15, -0.1) is 0 Å². The van der Waals surface area contributed by atoms with E-state index in [1.165, 1.54) is 38.2 Å². The number of hydrogen-bond donors (Lipinski definition) is 1. The Morgan fingerprint density at radius 2 is 1.93 bits per heavy atom. The van der Waals surface area contributed by atoms with Gasteiger partial charge in [0.25, 0.3) is 5.91 Å². The Kier molecular flexibility index (Phi) is 14.0. The van der Waals surface area contributed by atoms with Gasteiger partial charge in [-0.2, -0.15) is 0 Å². The van der Waals surface area contributed by atoms with Crippen LogP contribution in [0.5, 0.6) is 5.75 Å². The summed E-state index contributed by atoms with van der Waals surface area (Å²) in [5.41, 5.74) is 2.58. The van der Waals surface area contributed by atoms with E-state index in [-0.39, 0.29) is 17.8 Å². The molecule has 2 unspecified atom stereocenters. The van der Waals surface area contributed by atoms with Crippen LogP contribution >= 0.6 is 11.9 Å². The predicted molar refractivity (Wildman–Crippen MR) is 167 cm³/mol. The number of hydrogen-bond acceptors (Lipinski definition) is 5. The number of amides is 1. The Morgan fingerprint density at radius 3 is 2.60 bits per heavy atom. The summed E-state index contributed by atoms with van der Waals surface area (Å²) >= 11 is 1.68. The Bertz CT molecular complexity index is 1060. The monoisotopic (exact) mass is 569 g/mol. The number of nitrogens with zero attached hydrogens (tertiary/aromatic N) is 2. The van der Waals surface area contributed by atoms with Crippen molar-refractivity contribution in [2.75, 3.05) is 39.5 Å². The SMILES string of the molecule is C1CCC1.C=Cc1ccccc1C(=O)N(C)CCCCCSNC(C)c1ccc(F)c(OCC2CCCN2C)c1. The van der Waals surface area contributed by atoms with Gasteiger partial charge in [-0.25, -0.2) is 4.39 Å². The van der Waals surface area contributed by atoms with E-state index in [0.29, 0.717) is 24.0 Å². The van der Waals surface area contributed by atoms with Crippen LogP contribution in [0.15, 0.2) is 49.0 Å². The Hall–Kier alpha value is -2.35. The third-order valence-corrected chi connectivity index (χ3v) is 8.83. The van der Waals surface area contributed by atoms with Gasteiger partial charge in [0.1, 0.15) is 6.61 Å². The molecule has 2 aromatic carbocycles. The van der Waals surface area contributed by atoms with E-state index in [9.17, 15) is 9.18 Å². The second-order valence-electron chi connectivity index (χ2n) is 11.0. The molecule has 220 valence electrons. The lowest BCUT2D eigenvalue weighted by Gasteiger charge is -2.21. The summed E-state index contributed by atoms with van der Waals surface area (Å²) < 4.78 is 23.6. The molecule has 4 rings (SSSR count). The molecule has 0 aromatic heterocycles. The number of benzene rings is 2. The third-order valence-electron chi connectivity index (χ3n) is 7.82. The highest BCUT2D eigenvalue weighted by Gasteiger charge is 2.22. The molecule has 0 radical (unpaired) electrons. The molecule has 2 atom stereocenters. The summed E-state index contributed by atoms with van der Waals surface area (Å²) in [6, 6.07) is 13.1. The zero-order valence-electron chi connectivity index (χ0n) is 24.7. The fourth-order valence-corrected chi connectivity index (χ4v) is 5.51. The highest BCUT2D eigenvalue weighted by Crippen LogP contribution is 2.25. The van der Waals surface area contributed by atoms with Crippen molar-refractivity contribution < 1.29 is 13.9 Å². The molecule has 1 aliphatic carbocycles. The first-order valence-corrected chi connectivity index (χ1v) is 15.9. The van der Waals surface area contributed by atoms with E-state index in [2.05, 4.69) is 30.2 Å². The predicted octanol–water partition coefficient (Wildman–Crippen LogP) is 7.74. The normalized spacial score (nSPS) is 17.4. The van der Waals surface area contributed by atoms with Crippen molar-refractivity contribution in [1.82, 2.24) is 14.5 Å². The van der Waals surface area contributed by atoms with Crippen LogP contribution in [-0.2, 0) is 0 Å². The Balaban J connectivity index is 0.00000101. The maximum absolute atomic E-state index is 14.3. The van der Waals surface area contributed by atoms with E-state index in [1.807, 2.05) is 43.4 Å². The summed E-state index contributed by atoms with van der Waals surface area (Å²) in [5, 5.41) is 0. The molecule has 0 bridgehead atoms. The van der Waals surface area contributed by atoms with Gasteiger partial charge in [-0.1, -0.05) is 81.0 Å². The van der Waals surface area contributed by atoms with Crippen LogP contribution in [0.1, 0.15) is 92.2 Å². The fourth-order valence-electron chi connectivity index (χ4n) is 4.65. The van der Waals surface area contributed by atoms with E-state index < -0.39 is 0 Å². The van der Waals surface area contributed by atoms with Crippen LogP contribution in [0.3, 0.4) is 0 Å². The summed E-state index contributed by atoms with van der Waals surface area (Å²) in [7, 11) is 3.95. The van der Waals surface area contributed by atoms with Crippen molar-refractivity contribution in [1.29, 1.82) is 0 Å². The van der Waals surface area contributed by atoms with Crippen LogP contribution < -0.4 is 9.46 Å². The number of halogens is 1. The molecule has 1 aliphatic heterocycles. The number of carbonyl (C=O) groups excluding carboxylic acids is 1. The second-order valence-corrected chi connectivity index (χ2v) is 11.9. The third kappa shape index (κ3) is 10.2. The lowest BCUT2D eigenvalue weighted by molar-refractivity contribution is 0.0792. The average molecular weight is 570 g/mol. The average Bonchev–Trinajstić information content (AvgIpc) is 3.34. The molecule has 2 fully saturated rings. The van der Waals surface area contributed by atoms with Crippen LogP contribution in [0, 0.1) is 5.82 Å². The fraction of sp³-hybridized carbons (Fsp3) is 0.545. The first-order valence-electron chi connectivity index (χ1n) is 14.9. The zero-order valence-corrected chi connectivity index (χ0v) is 25.5. The van der Waals surface area contributed by atoms with E-state index in [1.54, 1.807) is 22.9 Å². The van der Waals surface area contributed by atoms with Crippen LogP contribution in [0.4, 0.5) is 4.39 Å². The van der Waals surface area contributed by atoms with Gasteiger partial charge in [0, 0.05) is 37.0 Å². The number of likely N-dealkylation sites (tertiary alicyclic amines) is 1. The highest BCUT2D eigenvalue weighted by atomic mass is 32.2. The smallest absolute Gasteiger partial charge is 0.254 e. The largest absolute Gasteiger partial charge is 0.489 e. The molecule has 1 N–H and O–H groups in total. The van der Waals surface area contributed by atoms with E-state index in [0.717, 1.165) is 55.7 Å². The quantitative estimate of drug-likeness (QED) is 0.186. The van der Waals surface area contributed by atoms with Crippen molar-refractivity contribution in [3.05, 3.63) is 71.6 Å². The minimum absolute atomic E-state index is 0.0354. The summed E-state index contributed by atoms with van der Waals surface area (Å²) in [6.45, 7) is 8.21. The molecule has 7 heteroatoms. The van der Waals surface area contributed by atoms with Crippen molar-refractivity contribution in [3.8, 4) is 5.75 Å². The zero-order chi connectivity index (χ0) is 28.7. The van der Waals surface area contributed by atoms with Gasteiger partial charge in [0.15, 0.2) is 11.6 Å². The number of rotatable bonds is 14. The summed E-state index contributed by atoms with van der Waals surface area (Å²) in [5.74, 6) is 1.03. The molecule has 2 aliphatic rings. The van der Waals surface area contributed by atoms with E-state index in [4.69, 9.17) is 4.74 Å². The molecular formula is C33H48FN3O2S. The van der Waals surface area contributed by atoms with Gasteiger partial charge >= 0.3 is 0 Å². The van der Waals surface area contributed by atoms with Gasteiger partial charge in [-0.3, -0.25) is 9.52 Å². The van der Waals surface area contributed by atoms with Crippen molar-refractivity contribution in [2.45, 2.75) is 76.8 Å². The summed E-state index contributed by atoms with van der Waals surface area (Å²) in [4.78, 5) is 16.8. The lowest BCUT2D eigenvalue weighted by Crippen LogP contribution is -2.30. The van der Waals surface area contributed by atoms with Gasteiger partial charge < -0.3 is 14.5 Å². The Morgan fingerprint density at radius 1 is 1.18 bits per heavy atom. The molecule has 0 spiro atoms. The number of likely N-dealkylation sites (N-methyl/N-ethyl adjacent to an activating group) is 1. The van der Waals surface area contributed by atoms with Crippen molar-refractivity contribution in [2.24, 2.45) is 0 Å². The number of nitrogens with one attached hydrogen (secondary N) is 1. The summed E-state index contributed by atoms with van der Waals surface area (Å²) in [6.07, 6.45) is 13.1. The van der Waals surface area contributed by atoms with Crippen molar-refractivity contribution in [3.63, 3.8) is 0 Å². The molecular weight excluding hydrogens is 521 g/mol. The molecule has 1 saturated carbocycles. The number of ether oxygens (including phenoxy) is 1. The van der Waals surface area contributed by atoms with Gasteiger partial charge in [0.05, 0.1) is 0 Å². The number of unbranched alkanes of at least 4 members (excludes halogenated alkanes) is 2. The Labute approximate surface area is 245 Å². The first kappa shape index (κ1) is 32.2. The van der Waals surface area contributed by atoms with Gasteiger partial charge in [-0.05, 0) is 75.5 Å². The topological polar surface area (TPSA) is 44.8 Å². The molecule has 1 heterocycles. The second kappa shape index (κ2) is 17.5. The lowest BCUT2D eigenvalue weighted by atomic mass is 10.0. The maximum atomic E-state index is 14.3. The minimum atomic E-state index is -0.310. The standard InChI is InChI=1S/C29H40FN3O2S.C4H8/c1-5-23-12-7-8-14-26(23)29(34)33(4)17-9-6-10-19-36-31-22(2)24-15-16-27(30)28(20-24)35-21-25-13-11-18-32(25)3;1-2-4-3-1/h5,7-8,12,14-16,20,22,25,31H,1,6,9-11,13,17-19,21H2,2-4H3;1-4H2. The van der Waals surface area contributed by atoms with Gasteiger partial charge in [0.2, 0.25) is 0 Å². The molecule has 2 aromatic rings. The molecule has 40 heavy (non-hydrogen) atoms. The molecule has 5 nitrogen and oxygen atoms in total. The van der Waals surface area contributed by atoms with E-state index >= 15 is 0 Å². The number of carbonyl (C=O) groups is 1. The van der Waals surface area contributed by atoms with Crippen LogP contribution in [0.25, 0.3) is 6.08 Å². The van der Waals surface area contributed by atoms with Crippen LogP contribution in [-0.4, -0.2) is 61.3 Å². The molecule has 1 amide bonds. The maximum Gasteiger partial charge on any atom is 0.254 e. The van der Waals surface area contributed by atoms with Crippen LogP contribution in [0.2, 0.25) is 0 Å².